The minimum absolute atomic E-state index is 0.310. The molecule has 0 amide bonds. The largest absolute Gasteiger partial charge is 0.367 e. The highest BCUT2D eigenvalue weighted by Gasteiger charge is 2.20. The SMILES string of the molecule is CC1=NC2=CC(Br)=CN(C)C2C=C1. The summed E-state index contributed by atoms with van der Waals surface area (Å²) in [5.74, 6) is 0. The van der Waals surface area contributed by atoms with Crippen LogP contribution >= 0.6 is 15.9 Å². The van der Waals surface area contributed by atoms with Crippen LogP contribution in [0.4, 0.5) is 0 Å². The predicted octanol–water partition coefficient (Wildman–Crippen LogP) is 2.45. The summed E-state index contributed by atoms with van der Waals surface area (Å²) < 4.78 is 1.08. The molecule has 0 aromatic rings. The number of likely N-dealkylation sites (N-methyl/N-ethyl adjacent to an activating group) is 1. The fourth-order valence-electron chi connectivity index (χ4n) is 1.55. The Kier molecular flexibility index (Phi) is 2.12. The van der Waals surface area contributed by atoms with Crippen LogP contribution in [0.5, 0.6) is 0 Å². The van der Waals surface area contributed by atoms with E-state index >= 15 is 0 Å². The molecule has 1 atom stereocenters. The third kappa shape index (κ3) is 1.61. The Bertz CT molecular complexity index is 350. The zero-order valence-corrected chi connectivity index (χ0v) is 9.25. The van der Waals surface area contributed by atoms with Gasteiger partial charge in [0.15, 0.2) is 0 Å². The van der Waals surface area contributed by atoms with Crippen LogP contribution in [-0.4, -0.2) is 23.7 Å². The van der Waals surface area contributed by atoms with E-state index in [1.165, 1.54) is 0 Å². The fourth-order valence-corrected chi connectivity index (χ4v) is 2.11. The Morgan fingerprint density at radius 2 is 2.31 bits per heavy atom. The normalized spacial score (nSPS) is 26.2. The highest BCUT2D eigenvalue weighted by molar-refractivity contribution is 9.11. The summed E-state index contributed by atoms with van der Waals surface area (Å²) in [5.41, 5.74) is 2.18. The molecule has 0 radical (unpaired) electrons. The van der Waals surface area contributed by atoms with Crippen molar-refractivity contribution < 1.29 is 0 Å². The molecule has 2 heterocycles. The van der Waals surface area contributed by atoms with Gasteiger partial charge in [0, 0.05) is 23.4 Å². The van der Waals surface area contributed by atoms with Crippen LogP contribution in [0.25, 0.3) is 0 Å². The van der Waals surface area contributed by atoms with Gasteiger partial charge in [0.1, 0.15) is 0 Å². The van der Waals surface area contributed by atoms with Crippen molar-refractivity contribution in [3.63, 3.8) is 0 Å². The molecule has 13 heavy (non-hydrogen) atoms. The fraction of sp³-hybridized carbons (Fsp3) is 0.300. The van der Waals surface area contributed by atoms with E-state index in [1.54, 1.807) is 0 Å². The molecule has 0 saturated heterocycles. The van der Waals surface area contributed by atoms with Gasteiger partial charge in [0.05, 0.1) is 11.7 Å². The number of fused-ring (bicyclic) bond motifs is 1. The Morgan fingerprint density at radius 1 is 1.54 bits per heavy atom. The van der Waals surface area contributed by atoms with Crippen molar-refractivity contribution in [3.05, 3.63) is 34.6 Å². The van der Waals surface area contributed by atoms with Gasteiger partial charge in [-0.15, -0.1) is 0 Å². The molecule has 1 unspecified atom stereocenters. The van der Waals surface area contributed by atoms with E-state index < -0.39 is 0 Å². The number of dihydropyridines is 1. The highest BCUT2D eigenvalue weighted by Crippen LogP contribution is 2.26. The van der Waals surface area contributed by atoms with Gasteiger partial charge < -0.3 is 4.90 Å². The number of allylic oxidation sites excluding steroid dienone is 3. The second-order valence-electron chi connectivity index (χ2n) is 3.31. The first-order chi connectivity index (χ1) is 6.16. The maximum atomic E-state index is 4.48. The standard InChI is InChI=1S/C10H11BrN2/c1-7-3-4-10-9(12-7)5-8(11)6-13(10)2/h3-6,10H,1-2H3. The summed E-state index contributed by atoms with van der Waals surface area (Å²) in [7, 11) is 2.06. The van der Waals surface area contributed by atoms with Gasteiger partial charge in [-0.25, -0.2) is 0 Å². The van der Waals surface area contributed by atoms with Crippen LogP contribution < -0.4 is 0 Å². The number of hydrogen-bond acceptors (Lipinski definition) is 2. The van der Waals surface area contributed by atoms with Crippen molar-refractivity contribution in [2.45, 2.75) is 13.0 Å². The number of nitrogens with zero attached hydrogens (tertiary/aromatic N) is 2. The second-order valence-corrected chi connectivity index (χ2v) is 4.22. The van der Waals surface area contributed by atoms with Crippen molar-refractivity contribution >= 4 is 21.6 Å². The summed E-state index contributed by atoms with van der Waals surface area (Å²) in [5, 5.41) is 0. The molecule has 0 saturated carbocycles. The van der Waals surface area contributed by atoms with E-state index in [1.807, 2.05) is 6.92 Å². The van der Waals surface area contributed by atoms with Crippen LogP contribution in [0.1, 0.15) is 6.92 Å². The molecule has 0 aliphatic carbocycles. The maximum absolute atomic E-state index is 4.48. The summed E-state index contributed by atoms with van der Waals surface area (Å²) in [6, 6.07) is 0.310. The number of rotatable bonds is 0. The third-order valence-electron chi connectivity index (χ3n) is 2.18. The van der Waals surface area contributed by atoms with Gasteiger partial charge in [-0.1, -0.05) is 6.08 Å². The molecule has 0 aromatic heterocycles. The van der Waals surface area contributed by atoms with Crippen LogP contribution in [0.3, 0.4) is 0 Å². The summed E-state index contributed by atoms with van der Waals surface area (Å²) in [6.45, 7) is 2.01. The molecule has 0 fully saturated rings. The third-order valence-corrected chi connectivity index (χ3v) is 2.61. The Morgan fingerprint density at radius 3 is 3.08 bits per heavy atom. The molecule has 3 heteroatoms. The van der Waals surface area contributed by atoms with Gasteiger partial charge in [0.25, 0.3) is 0 Å². The smallest absolute Gasteiger partial charge is 0.0893 e. The zero-order chi connectivity index (χ0) is 9.42. The molecular weight excluding hydrogens is 228 g/mol. The quantitative estimate of drug-likeness (QED) is 0.634. The average molecular weight is 239 g/mol. The molecule has 68 valence electrons. The Hall–Kier alpha value is -0.830. The van der Waals surface area contributed by atoms with E-state index in [0.29, 0.717) is 6.04 Å². The monoisotopic (exact) mass is 238 g/mol. The highest BCUT2D eigenvalue weighted by atomic mass is 79.9. The van der Waals surface area contributed by atoms with E-state index in [0.717, 1.165) is 15.9 Å². The number of hydrogen-bond donors (Lipinski definition) is 0. The van der Waals surface area contributed by atoms with Crippen LogP contribution in [-0.2, 0) is 0 Å². The first kappa shape index (κ1) is 8.75. The summed E-state index contributed by atoms with van der Waals surface area (Å²) >= 11 is 3.46. The van der Waals surface area contributed by atoms with E-state index in [2.05, 4.69) is 57.3 Å². The minimum atomic E-state index is 0.310. The van der Waals surface area contributed by atoms with Gasteiger partial charge >= 0.3 is 0 Å². The van der Waals surface area contributed by atoms with Gasteiger partial charge in [-0.2, -0.15) is 0 Å². The molecule has 2 aliphatic heterocycles. The predicted molar refractivity (Wildman–Crippen MR) is 58.9 cm³/mol. The molecule has 2 rings (SSSR count). The van der Waals surface area contributed by atoms with Crippen molar-refractivity contribution in [1.82, 2.24) is 4.90 Å². The Balaban J connectivity index is 2.40. The van der Waals surface area contributed by atoms with Gasteiger partial charge in [-0.05, 0) is 35.0 Å². The summed E-state index contributed by atoms with van der Waals surface area (Å²) in [4.78, 5) is 6.63. The minimum Gasteiger partial charge on any atom is -0.367 e. The molecule has 0 spiro atoms. The summed E-state index contributed by atoms with van der Waals surface area (Å²) in [6.07, 6.45) is 8.36. The number of halogens is 1. The molecule has 0 N–H and O–H groups in total. The Labute approximate surface area is 86.5 Å². The van der Waals surface area contributed by atoms with Crippen molar-refractivity contribution in [2.75, 3.05) is 7.05 Å². The first-order valence-corrected chi connectivity index (χ1v) is 5.00. The van der Waals surface area contributed by atoms with E-state index in [-0.39, 0.29) is 0 Å². The van der Waals surface area contributed by atoms with Crippen LogP contribution in [0, 0.1) is 0 Å². The van der Waals surface area contributed by atoms with Crippen LogP contribution in [0.15, 0.2) is 39.6 Å². The lowest BCUT2D eigenvalue weighted by Crippen LogP contribution is -2.30. The van der Waals surface area contributed by atoms with E-state index in [9.17, 15) is 0 Å². The van der Waals surface area contributed by atoms with Crippen molar-refractivity contribution in [3.8, 4) is 0 Å². The van der Waals surface area contributed by atoms with Crippen LogP contribution in [0.2, 0.25) is 0 Å². The van der Waals surface area contributed by atoms with Crippen molar-refractivity contribution in [1.29, 1.82) is 0 Å². The zero-order valence-electron chi connectivity index (χ0n) is 7.66. The molecule has 0 bridgehead atoms. The molecule has 0 aromatic carbocycles. The van der Waals surface area contributed by atoms with E-state index in [4.69, 9.17) is 0 Å². The van der Waals surface area contributed by atoms with Gasteiger partial charge in [0.2, 0.25) is 0 Å². The first-order valence-electron chi connectivity index (χ1n) is 4.21. The molecular formula is C10H11BrN2. The van der Waals surface area contributed by atoms with Gasteiger partial charge in [-0.3, -0.25) is 4.99 Å². The molecule has 2 nitrogen and oxygen atoms in total. The lowest BCUT2D eigenvalue weighted by molar-refractivity contribution is 0.413. The molecule has 2 aliphatic rings. The lowest BCUT2D eigenvalue weighted by Gasteiger charge is -2.30. The van der Waals surface area contributed by atoms with Crippen molar-refractivity contribution in [2.24, 2.45) is 4.99 Å². The number of aliphatic imine (C=N–C) groups is 1. The second kappa shape index (κ2) is 3.14. The topological polar surface area (TPSA) is 15.6 Å². The maximum Gasteiger partial charge on any atom is 0.0893 e. The average Bonchev–Trinajstić information content (AvgIpc) is 2.02. The lowest BCUT2D eigenvalue weighted by atomic mass is 10.1.